The summed E-state index contributed by atoms with van der Waals surface area (Å²) in [4.78, 5) is 2.53. The Bertz CT molecular complexity index is 245. The molecular weight excluding hydrogens is 313 g/mol. The number of nitrogens with one attached hydrogen (secondary N) is 2. The number of hydrogen-bond acceptors (Lipinski definition) is 3. The molecule has 0 amide bonds. The van der Waals surface area contributed by atoms with Crippen molar-refractivity contribution >= 4 is 28.3 Å². The Morgan fingerprint density at radius 3 is 2.75 bits per heavy atom. The smallest absolute Gasteiger partial charge is 0.0494 e. The van der Waals surface area contributed by atoms with Gasteiger partial charge in [-0.25, -0.2) is 0 Å². The van der Waals surface area contributed by atoms with E-state index in [1.54, 1.807) is 0 Å². The van der Waals surface area contributed by atoms with Crippen molar-refractivity contribution in [2.24, 2.45) is 0 Å². The van der Waals surface area contributed by atoms with Crippen LogP contribution in [-0.2, 0) is 0 Å². The highest BCUT2D eigenvalue weighted by molar-refractivity contribution is 14.1. The Kier molecular flexibility index (Phi) is 7.03. The molecule has 1 heterocycles. The van der Waals surface area contributed by atoms with E-state index in [0.29, 0.717) is 5.71 Å². The Balaban J connectivity index is 2.04. The molecule has 0 unspecified atom stereocenters. The number of allylic oxidation sites excluding steroid dienone is 1. The molecular formula is C12H22IN3. The van der Waals surface area contributed by atoms with Gasteiger partial charge in [-0.05, 0) is 67.9 Å². The highest BCUT2D eigenvalue weighted by Gasteiger charge is 2.09. The minimum atomic E-state index is 0.715. The zero-order valence-corrected chi connectivity index (χ0v) is 12.2. The average molecular weight is 335 g/mol. The molecule has 4 heteroatoms. The predicted octanol–water partition coefficient (Wildman–Crippen LogP) is 2.77. The second kappa shape index (κ2) is 8.06. The molecule has 1 aliphatic heterocycles. The minimum absolute atomic E-state index is 0.715. The van der Waals surface area contributed by atoms with Gasteiger partial charge >= 0.3 is 0 Å². The molecule has 0 radical (unpaired) electrons. The molecule has 0 aromatic rings. The Morgan fingerprint density at radius 1 is 1.44 bits per heavy atom. The third kappa shape index (κ3) is 5.30. The lowest BCUT2D eigenvalue weighted by Gasteiger charge is -2.13. The normalized spacial score (nSPS) is 17.8. The number of rotatable bonds is 7. The van der Waals surface area contributed by atoms with Crippen LogP contribution >= 0.6 is 22.6 Å². The standard InChI is InChI=1S/C12H22IN3/c1-2-12(14)11(13)10-15-6-5-9-16-7-3-4-8-16/h10,14-15H,2-9H2,1H3/b11-10+,14-12?. The zero-order chi connectivity index (χ0) is 11.8. The molecule has 1 fully saturated rings. The molecule has 3 nitrogen and oxygen atoms in total. The molecule has 0 aromatic carbocycles. The topological polar surface area (TPSA) is 39.1 Å². The van der Waals surface area contributed by atoms with Gasteiger partial charge in [0.1, 0.15) is 0 Å². The van der Waals surface area contributed by atoms with Crippen molar-refractivity contribution in [2.45, 2.75) is 32.6 Å². The number of hydrogen-bond donors (Lipinski definition) is 2. The van der Waals surface area contributed by atoms with Gasteiger partial charge in [-0.15, -0.1) is 0 Å². The molecule has 0 atom stereocenters. The zero-order valence-electron chi connectivity index (χ0n) is 10.1. The molecule has 2 N–H and O–H groups in total. The van der Waals surface area contributed by atoms with Crippen LogP contribution < -0.4 is 5.32 Å². The lowest BCUT2D eigenvalue weighted by Crippen LogP contribution is -2.23. The van der Waals surface area contributed by atoms with Gasteiger partial charge in [0.2, 0.25) is 0 Å². The Labute approximate surface area is 112 Å². The first-order valence-electron chi connectivity index (χ1n) is 6.13. The van der Waals surface area contributed by atoms with Crippen molar-refractivity contribution in [2.75, 3.05) is 26.2 Å². The first-order valence-corrected chi connectivity index (χ1v) is 7.21. The van der Waals surface area contributed by atoms with Gasteiger partial charge in [0, 0.05) is 22.0 Å². The Morgan fingerprint density at radius 2 is 2.12 bits per heavy atom. The summed E-state index contributed by atoms with van der Waals surface area (Å²) in [6, 6.07) is 0. The fourth-order valence-corrected chi connectivity index (χ4v) is 2.43. The molecule has 0 spiro atoms. The van der Waals surface area contributed by atoms with E-state index in [4.69, 9.17) is 5.41 Å². The van der Waals surface area contributed by atoms with Gasteiger partial charge in [0.15, 0.2) is 0 Å². The molecule has 1 rings (SSSR count). The summed E-state index contributed by atoms with van der Waals surface area (Å²) in [5.74, 6) is 0. The lowest BCUT2D eigenvalue weighted by molar-refractivity contribution is 0.333. The first kappa shape index (κ1) is 14.0. The van der Waals surface area contributed by atoms with E-state index in [0.717, 1.165) is 16.5 Å². The fraction of sp³-hybridized carbons (Fsp3) is 0.750. The maximum Gasteiger partial charge on any atom is 0.0494 e. The van der Waals surface area contributed by atoms with Crippen molar-refractivity contribution in [3.05, 3.63) is 9.78 Å². The number of likely N-dealkylation sites (tertiary alicyclic amines) is 1. The van der Waals surface area contributed by atoms with E-state index in [1.807, 2.05) is 13.1 Å². The summed E-state index contributed by atoms with van der Waals surface area (Å²) >= 11 is 2.22. The van der Waals surface area contributed by atoms with E-state index < -0.39 is 0 Å². The summed E-state index contributed by atoms with van der Waals surface area (Å²) in [5, 5.41) is 10.9. The van der Waals surface area contributed by atoms with E-state index >= 15 is 0 Å². The van der Waals surface area contributed by atoms with Crippen LogP contribution in [-0.4, -0.2) is 36.8 Å². The first-order chi connectivity index (χ1) is 7.74. The van der Waals surface area contributed by atoms with Crippen LogP contribution in [0.4, 0.5) is 0 Å². The van der Waals surface area contributed by atoms with E-state index in [9.17, 15) is 0 Å². The molecule has 1 aliphatic rings. The van der Waals surface area contributed by atoms with E-state index in [2.05, 4.69) is 32.8 Å². The Hall–Kier alpha value is -0.100. The van der Waals surface area contributed by atoms with E-state index in [1.165, 1.54) is 38.9 Å². The maximum atomic E-state index is 7.64. The SMILES string of the molecule is CCC(=N)/C(I)=C\NCCCN1CCCC1. The minimum Gasteiger partial charge on any atom is -0.390 e. The fourth-order valence-electron chi connectivity index (χ4n) is 1.83. The molecule has 92 valence electrons. The summed E-state index contributed by atoms with van der Waals surface area (Å²) < 4.78 is 1.03. The number of nitrogens with zero attached hydrogens (tertiary/aromatic N) is 1. The van der Waals surface area contributed by atoms with Crippen LogP contribution in [0.5, 0.6) is 0 Å². The third-order valence-electron chi connectivity index (χ3n) is 2.86. The van der Waals surface area contributed by atoms with Crippen molar-refractivity contribution in [1.82, 2.24) is 10.2 Å². The van der Waals surface area contributed by atoms with Gasteiger partial charge in [0.25, 0.3) is 0 Å². The van der Waals surface area contributed by atoms with Gasteiger partial charge in [0.05, 0.1) is 0 Å². The average Bonchev–Trinajstić information content (AvgIpc) is 2.80. The molecule has 0 bridgehead atoms. The monoisotopic (exact) mass is 335 g/mol. The van der Waals surface area contributed by atoms with Crippen molar-refractivity contribution in [3.8, 4) is 0 Å². The lowest BCUT2D eigenvalue weighted by atomic mass is 10.3. The largest absolute Gasteiger partial charge is 0.390 e. The van der Waals surface area contributed by atoms with Crippen LogP contribution in [0.3, 0.4) is 0 Å². The quantitative estimate of drug-likeness (QED) is 0.427. The van der Waals surface area contributed by atoms with Crippen LogP contribution in [0.1, 0.15) is 32.6 Å². The molecule has 16 heavy (non-hydrogen) atoms. The predicted molar refractivity (Wildman–Crippen MR) is 78.4 cm³/mol. The summed E-state index contributed by atoms with van der Waals surface area (Å²) in [6.07, 6.45) is 6.72. The van der Waals surface area contributed by atoms with Gasteiger partial charge in [-0.3, -0.25) is 0 Å². The second-order valence-corrected chi connectivity index (χ2v) is 5.34. The van der Waals surface area contributed by atoms with Gasteiger partial charge in [-0.2, -0.15) is 0 Å². The van der Waals surface area contributed by atoms with Gasteiger partial charge < -0.3 is 15.6 Å². The van der Waals surface area contributed by atoms with Crippen LogP contribution in [0.15, 0.2) is 9.78 Å². The summed E-state index contributed by atoms with van der Waals surface area (Å²) in [6.45, 7) is 6.81. The van der Waals surface area contributed by atoms with Gasteiger partial charge in [-0.1, -0.05) is 6.92 Å². The van der Waals surface area contributed by atoms with Crippen LogP contribution in [0.25, 0.3) is 0 Å². The summed E-state index contributed by atoms with van der Waals surface area (Å²) in [7, 11) is 0. The molecule has 0 aromatic heterocycles. The van der Waals surface area contributed by atoms with Crippen molar-refractivity contribution in [3.63, 3.8) is 0 Å². The van der Waals surface area contributed by atoms with Crippen LogP contribution in [0, 0.1) is 5.41 Å². The maximum absolute atomic E-state index is 7.64. The van der Waals surface area contributed by atoms with Crippen molar-refractivity contribution in [1.29, 1.82) is 5.41 Å². The summed E-state index contributed by atoms with van der Waals surface area (Å²) in [5.41, 5.74) is 0.715. The second-order valence-electron chi connectivity index (χ2n) is 4.18. The molecule has 0 aliphatic carbocycles. The molecule has 1 saturated heterocycles. The number of halogens is 1. The highest BCUT2D eigenvalue weighted by atomic mass is 127. The third-order valence-corrected chi connectivity index (χ3v) is 3.83. The van der Waals surface area contributed by atoms with Crippen LogP contribution in [0.2, 0.25) is 0 Å². The van der Waals surface area contributed by atoms with Crippen molar-refractivity contribution < 1.29 is 0 Å². The van der Waals surface area contributed by atoms with E-state index in [-0.39, 0.29) is 0 Å². The highest BCUT2D eigenvalue weighted by Crippen LogP contribution is 2.09. The molecule has 0 saturated carbocycles.